The minimum Gasteiger partial charge on any atom is -0.549 e. The molecule has 2 aliphatic heterocycles. The number of hydrogen-bond donors (Lipinski definition) is 1. The average molecular weight is 348 g/mol. The first-order valence-corrected chi connectivity index (χ1v) is 8.49. The first kappa shape index (κ1) is 14.5. The molecule has 8 heteroatoms. The number of ether oxygens (including phenoxy) is 1. The van der Waals surface area contributed by atoms with Gasteiger partial charge in [0.15, 0.2) is 0 Å². The molecule has 3 heterocycles. The fourth-order valence-corrected chi connectivity index (χ4v) is 5.64. The highest BCUT2D eigenvalue weighted by atomic mass is 32.2. The number of thioether (sulfide) groups is 1. The van der Waals surface area contributed by atoms with E-state index in [4.69, 9.17) is 4.74 Å². The van der Waals surface area contributed by atoms with Gasteiger partial charge in [-0.2, -0.15) is 0 Å². The largest absolute Gasteiger partial charge is 0.549 e. The number of carbonyl (C=O) groups is 2. The van der Waals surface area contributed by atoms with E-state index in [1.165, 1.54) is 6.92 Å². The quantitative estimate of drug-likeness (QED) is 0.602. The molecule has 4 rings (SSSR count). The Morgan fingerprint density at radius 3 is 2.83 bits per heavy atom. The Morgan fingerprint density at radius 2 is 2.09 bits per heavy atom. The number of benzene rings is 1. The molecule has 6 nitrogen and oxygen atoms in total. The predicted molar refractivity (Wildman–Crippen MR) is 81.6 cm³/mol. The lowest BCUT2D eigenvalue weighted by Gasteiger charge is -2.45. The maximum Gasteiger partial charge on any atom is 0.317 e. The highest BCUT2D eigenvalue weighted by Gasteiger charge is 2.55. The number of aliphatic carboxylic acids is 1. The van der Waals surface area contributed by atoms with Crippen LogP contribution < -0.4 is 14.7 Å². The Balaban J connectivity index is 2.03. The molecule has 0 spiro atoms. The summed E-state index contributed by atoms with van der Waals surface area (Å²) in [4.78, 5) is 39.1. The van der Waals surface area contributed by atoms with E-state index in [-0.39, 0.29) is 4.87 Å². The molecule has 1 aromatic carbocycles. The van der Waals surface area contributed by atoms with Crippen LogP contribution in [0.3, 0.4) is 0 Å². The zero-order chi connectivity index (χ0) is 16.4. The summed E-state index contributed by atoms with van der Waals surface area (Å²) in [5, 5.41) is 12.3. The molecular formula is C15H10NO5S2-. The molecule has 0 saturated carbocycles. The Hall–Kier alpha value is -2.06. The van der Waals surface area contributed by atoms with Crippen molar-refractivity contribution in [1.29, 1.82) is 0 Å². The molecule has 118 valence electrons. The van der Waals surface area contributed by atoms with Gasteiger partial charge in [-0.1, -0.05) is 41.3 Å². The van der Waals surface area contributed by atoms with Crippen LogP contribution in [0.15, 0.2) is 34.1 Å². The molecule has 2 aliphatic rings. The van der Waals surface area contributed by atoms with E-state index in [1.807, 2.05) is 0 Å². The number of rotatable bonds is 1. The number of carboxylic acid groups (broad SMARTS) is 1. The van der Waals surface area contributed by atoms with Crippen LogP contribution in [0.4, 0.5) is 0 Å². The summed E-state index contributed by atoms with van der Waals surface area (Å²) in [6, 6.07) is 6.99. The van der Waals surface area contributed by atoms with Crippen LogP contribution in [0.5, 0.6) is 5.75 Å². The van der Waals surface area contributed by atoms with Gasteiger partial charge in [-0.25, -0.2) is 0 Å². The summed E-state index contributed by atoms with van der Waals surface area (Å²) in [5.74, 6) is -3.05. The number of thiazole rings is 1. The lowest BCUT2D eigenvalue weighted by atomic mass is 9.75. The topological polar surface area (TPSA) is 99.3 Å². The zero-order valence-corrected chi connectivity index (χ0v) is 13.5. The van der Waals surface area contributed by atoms with E-state index in [1.54, 1.807) is 24.3 Å². The van der Waals surface area contributed by atoms with Gasteiger partial charge in [-0.05, 0) is 13.0 Å². The van der Waals surface area contributed by atoms with Crippen molar-refractivity contribution >= 4 is 35.0 Å². The summed E-state index contributed by atoms with van der Waals surface area (Å²) >= 11 is 1.95. The smallest absolute Gasteiger partial charge is 0.317 e. The van der Waals surface area contributed by atoms with Gasteiger partial charge in [-0.3, -0.25) is 9.59 Å². The fourth-order valence-electron chi connectivity index (χ4n) is 3.20. The lowest BCUT2D eigenvalue weighted by Crippen LogP contribution is -2.56. The molecule has 0 aliphatic carbocycles. The molecule has 0 radical (unpaired) electrons. The second-order valence-corrected chi connectivity index (χ2v) is 8.09. The van der Waals surface area contributed by atoms with Crippen molar-refractivity contribution in [1.82, 2.24) is 4.98 Å². The van der Waals surface area contributed by atoms with Crippen LogP contribution in [0, 0.1) is 5.92 Å². The van der Waals surface area contributed by atoms with Crippen molar-refractivity contribution in [2.75, 3.05) is 0 Å². The molecule has 23 heavy (non-hydrogen) atoms. The molecular weight excluding hydrogens is 338 g/mol. The van der Waals surface area contributed by atoms with Crippen molar-refractivity contribution < 1.29 is 19.4 Å². The maximum absolute atomic E-state index is 12.5. The standard InChI is InChI=1S/C15H11NO5S2/c1-15(13(18)19)9-8(10-11(23-15)16-14(20)22-10)6-4-2-3-5-7(6)21-12(9)17/h2-5,8-9H,1H3,(H,16,20)(H,18,19)/p-1/t8-,9+,15+/m1/s1. The zero-order valence-electron chi connectivity index (χ0n) is 11.8. The Bertz CT molecular complexity index is 901. The molecule has 3 atom stereocenters. The number of carbonyl (C=O) groups excluding carboxylic acids is 2. The number of aromatic nitrogens is 1. The van der Waals surface area contributed by atoms with Gasteiger partial charge in [0, 0.05) is 16.4 Å². The summed E-state index contributed by atoms with van der Waals surface area (Å²) < 4.78 is 3.82. The van der Waals surface area contributed by atoms with Crippen molar-refractivity contribution in [2.45, 2.75) is 22.6 Å². The number of fused-ring (bicyclic) bond motifs is 5. The summed E-state index contributed by atoms with van der Waals surface area (Å²) in [7, 11) is 0. The number of esters is 1. The van der Waals surface area contributed by atoms with E-state index in [0.717, 1.165) is 23.1 Å². The highest BCUT2D eigenvalue weighted by molar-refractivity contribution is 8.01. The number of nitrogens with one attached hydrogen (secondary N) is 1. The average Bonchev–Trinajstić information content (AvgIpc) is 2.86. The monoisotopic (exact) mass is 348 g/mol. The molecule has 0 bridgehead atoms. The van der Waals surface area contributed by atoms with Gasteiger partial charge >= 0.3 is 10.8 Å². The number of aromatic amines is 1. The van der Waals surface area contributed by atoms with Gasteiger partial charge in [-0.15, -0.1) is 0 Å². The Kier molecular flexibility index (Phi) is 2.98. The Morgan fingerprint density at radius 1 is 1.35 bits per heavy atom. The van der Waals surface area contributed by atoms with Crippen LogP contribution in [-0.4, -0.2) is 21.7 Å². The van der Waals surface area contributed by atoms with Crippen molar-refractivity contribution in [3.8, 4) is 5.75 Å². The van der Waals surface area contributed by atoms with Gasteiger partial charge in [0.25, 0.3) is 0 Å². The fraction of sp³-hybridized carbons (Fsp3) is 0.267. The van der Waals surface area contributed by atoms with E-state index in [0.29, 0.717) is 21.2 Å². The summed E-state index contributed by atoms with van der Waals surface area (Å²) in [5.41, 5.74) is 0.710. The Labute approximate surface area is 138 Å². The van der Waals surface area contributed by atoms with E-state index >= 15 is 0 Å². The first-order valence-electron chi connectivity index (χ1n) is 6.86. The third kappa shape index (κ3) is 1.91. The van der Waals surface area contributed by atoms with Gasteiger partial charge in [0.05, 0.1) is 21.7 Å². The van der Waals surface area contributed by atoms with E-state index < -0.39 is 28.5 Å². The first-order chi connectivity index (χ1) is 10.9. The van der Waals surface area contributed by atoms with Crippen LogP contribution in [-0.2, 0) is 9.59 Å². The molecule has 0 unspecified atom stereocenters. The third-order valence-electron chi connectivity index (χ3n) is 4.29. The lowest BCUT2D eigenvalue weighted by molar-refractivity contribution is -0.310. The van der Waals surface area contributed by atoms with Crippen molar-refractivity contribution in [2.24, 2.45) is 5.92 Å². The minimum absolute atomic E-state index is 0.278. The number of hydrogen-bond acceptors (Lipinski definition) is 7. The second-order valence-electron chi connectivity index (χ2n) is 5.62. The van der Waals surface area contributed by atoms with Crippen LogP contribution in [0.2, 0.25) is 0 Å². The SMILES string of the molecule is C[C@]1(C(=O)[O-])Sc2[nH]c(=O)sc2[C@@H]2c3ccccc3OC(=O)[C@H]21. The van der Waals surface area contributed by atoms with Gasteiger partial charge in [0.2, 0.25) is 0 Å². The molecule has 0 fully saturated rings. The van der Waals surface area contributed by atoms with E-state index in [9.17, 15) is 19.5 Å². The van der Waals surface area contributed by atoms with Crippen molar-refractivity contribution in [3.63, 3.8) is 0 Å². The van der Waals surface area contributed by atoms with Crippen molar-refractivity contribution in [3.05, 3.63) is 44.4 Å². The predicted octanol–water partition coefficient (Wildman–Crippen LogP) is 0.718. The van der Waals surface area contributed by atoms with E-state index in [2.05, 4.69) is 4.98 Å². The van der Waals surface area contributed by atoms with Gasteiger partial charge < -0.3 is 19.6 Å². The third-order valence-corrected chi connectivity index (χ3v) is 6.75. The summed E-state index contributed by atoms with van der Waals surface area (Å²) in [6.07, 6.45) is 0. The maximum atomic E-state index is 12.5. The van der Waals surface area contributed by atoms with Crippen LogP contribution >= 0.6 is 23.1 Å². The van der Waals surface area contributed by atoms with Gasteiger partial charge in [0.1, 0.15) is 5.75 Å². The normalized spacial score (nSPS) is 28.3. The minimum atomic E-state index is -1.52. The molecule has 0 saturated heterocycles. The summed E-state index contributed by atoms with van der Waals surface area (Å²) in [6.45, 7) is 1.44. The number of H-pyrrole nitrogens is 1. The second kappa shape index (κ2) is 4.72. The number of carboxylic acids is 1. The van der Waals surface area contributed by atoms with Crippen LogP contribution in [0.1, 0.15) is 23.3 Å². The van der Waals surface area contributed by atoms with Crippen LogP contribution in [0.25, 0.3) is 0 Å². The number of para-hydroxylation sites is 1. The highest BCUT2D eigenvalue weighted by Crippen LogP contribution is 2.57. The molecule has 2 aromatic rings. The molecule has 1 N–H and O–H groups in total. The molecule has 1 aromatic heterocycles. The molecule has 0 amide bonds.